The molecule has 0 atom stereocenters. The van der Waals surface area contributed by atoms with Crippen LogP contribution in [0.25, 0.3) is 0 Å². The van der Waals surface area contributed by atoms with Crippen molar-refractivity contribution in [2.75, 3.05) is 32.1 Å². The summed E-state index contributed by atoms with van der Waals surface area (Å²) < 4.78 is 19.0. The SMILES string of the molecule is CNCCCNC(=O)c1ccccc1OCC(=O)Nc1ccccc1F. The number of hydrogen-bond donors (Lipinski definition) is 3. The lowest BCUT2D eigenvalue weighted by Crippen LogP contribution is -2.27. The van der Waals surface area contributed by atoms with Crippen molar-refractivity contribution < 1.29 is 18.7 Å². The van der Waals surface area contributed by atoms with Gasteiger partial charge in [0, 0.05) is 6.54 Å². The van der Waals surface area contributed by atoms with Crippen molar-refractivity contribution in [2.24, 2.45) is 0 Å². The zero-order valence-corrected chi connectivity index (χ0v) is 14.5. The van der Waals surface area contributed by atoms with Crippen LogP contribution in [-0.4, -0.2) is 38.6 Å². The van der Waals surface area contributed by atoms with E-state index in [-0.39, 0.29) is 18.2 Å². The molecule has 7 heteroatoms. The first-order chi connectivity index (χ1) is 12.6. The maximum absolute atomic E-state index is 13.5. The summed E-state index contributed by atoms with van der Waals surface area (Å²) in [5.41, 5.74) is 0.423. The second-order valence-corrected chi connectivity index (χ2v) is 5.53. The van der Waals surface area contributed by atoms with E-state index in [0.29, 0.717) is 17.9 Å². The van der Waals surface area contributed by atoms with Crippen molar-refractivity contribution in [3.63, 3.8) is 0 Å². The number of carbonyl (C=O) groups is 2. The van der Waals surface area contributed by atoms with E-state index in [9.17, 15) is 14.0 Å². The molecule has 0 aromatic heterocycles. The van der Waals surface area contributed by atoms with Gasteiger partial charge in [-0.25, -0.2) is 4.39 Å². The molecule has 0 fully saturated rings. The largest absolute Gasteiger partial charge is 0.483 e. The van der Waals surface area contributed by atoms with E-state index < -0.39 is 11.7 Å². The molecule has 0 saturated carbocycles. The molecule has 138 valence electrons. The van der Waals surface area contributed by atoms with Gasteiger partial charge in [-0.2, -0.15) is 0 Å². The third kappa shape index (κ3) is 5.86. The maximum atomic E-state index is 13.5. The van der Waals surface area contributed by atoms with Crippen LogP contribution in [0.3, 0.4) is 0 Å². The van der Waals surface area contributed by atoms with Crippen LogP contribution in [0.4, 0.5) is 10.1 Å². The number of carbonyl (C=O) groups excluding carboxylic acids is 2. The quantitative estimate of drug-likeness (QED) is 0.600. The fraction of sp³-hybridized carbons (Fsp3) is 0.263. The summed E-state index contributed by atoms with van der Waals surface area (Å²) in [5, 5.41) is 8.23. The molecule has 0 spiro atoms. The predicted octanol–water partition coefficient (Wildman–Crippen LogP) is 2.18. The number of hydrogen-bond acceptors (Lipinski definition) is 4. The molecule has 2 rings (SSSR count). The highest BCUT2D eigenvalue weighted by Crippen LogP contribution is 2.18. The molecule has 0 aliphatic heterocycles. The van der Waals surface area contributed by atoms with Gasteiger partial charge in [0.1, 0.15) is 11.6 Å². The van der Waals surface area contributed by atoms with Gasteiger partial charge in [-0.15, -0.1) is 0 Å². The van der Waals surface area contributed by atoms with Crippen molar-refractivity contribution in [3.05, 3.63) is 59.9 Å². The molecule has 0 unspecified atom stereocenters. The Bertz CT molecular complexity index is 752. The molecular formula is C19H22FN3O3. The van der Waals surface area contributed by atoms with Gasteiger partial charge in [0.05, 0.1) is 11.3 Å². The number of ether oxygens (including phenoxy) is 1. The fourth-order valence-corrected chi connectivity index (χ4v) is 2.23. The van der Waals surface area contributed by atoms with Crippen molar-refractivity contribution in [1.82, 2.24) is 10.6 Å². The highest BCUT2D eigenvalue weighted by atomic mass is 19.1. The summed E-state index contributed by atoms with van der Waals surface area (Å²) in [6.45, 7) is 0.995. The molecule has 0 aliphatic carbocycles. The number of para-hydroxylation sites is 2. The van der Waals surface area contributed by atoms with Gasteiger partial charge in [0.25, 0.3) is 11.8 Å². The van der Waals surface area contributed by atoms with Gasteiger partial charge < -0.3 is 20.7 Å². The van der Waals surface area contributed by atoms with Crippen LogP contribution in [0.1, 0.15) is 16.8 Å². The molecule has 0 bridgehead atoms. The molecule has 2 amide bonds. The Morgan fingerprint density at radius 1 is 1.04 bits per heavy atom. The van der Waals surface area contributed by atoms with Crippen molar-refractivity contribution in [1.29, 1.82) is 0 Å². The monoisotopic (exact) mass is 359 g/mol. The van der Waals surface area contributed by atoms with Gasteiger partial charge >= 0.3 is 0 Å². The smallest absolute Gasteiger partial charge is 0.262 e. The highest BCUT2D eigenvalue weighted by Gasteiger charge is 2.13. The average molecular weight is 359 g/mol. The van der Waals surface area contributed by atoms with Crippen LogP contribution in [0.2, 0.25) is 0 Å². The van der Waals surface area contributed by atoms with E-state index in [1.54, 1.807) is 30.3 Å². The molecule has 0 heterocycles. The van der Waals surface area contributed by atoms with Crippen LogP contribution < -0.4 is 20.7 Å². The van der Waals surface area contributed by atoms with Gasteiger partial charge in [-0.05, 0) is 44.3 Å². The van der Waals surface area contributed by atoms with Crippen molar-refractivity contribution >= 4 is 17.5 Å². The van der Waals surface area contributed by atoms with E-state index in [1.165, 1.54) is 18.2 Å². The third-order valence-corrected chi connectivity index (χ3v) is 3.53. The van der Waals surface area contributed by atoms with Crippen LogP contribution in [0.15, 0.2) is 48.5 Å². The number of amides is 2. The molecular weight excluding hydrogens is 337 g/mol. The van der Waals surface area contributed by atoms with E-state index in [4.69, 9.17) is 4.74 Å². The number of anilines is 1. The maximum Gasteiger partial charge on any atom is 0.262 e. The van der Waals surface area contributed by atoms with E-state index in [2.05, 4.69) is 16.0 Å². The molecule has 6 nitrogen and oxygen atoms in total. The number of nitrogens with one attached hydrogen (secondary N) is 3. The van der Waals surface area contributed by atoms with Crippen LogP contribution in [-0.2, 0) is 4.79 Å². The Hall–Kier alpha value is -2.93. The van der Waals surface area contributed by atoms with Crippen LogP contribution in [0.5, 0.6) is 5.75 Å². The zero-order valence-electron chi connectivity index (χ0n) is 14.5. The first kappa shape index (κ1) is 19.4. The Morgan fingerprint density at radius 2 is 1.77 bits per heavy atom. The fourth-order valence-electron chi connectivity index (χ4n) is 2.23. The minimum Gasteiger partial charge on any atom is -0.483 e. The lowest BCUT2D eigenvalue weighted by Gasteiger charge is -2.12. The number of rotatable bonds is 9. The average Bonchev–Trinajstić information content (AvgIpc) is 2.65. The summed E-state index contributed by atoms with van der Waals surface area (Å²) in [6.07, 6.45) is 0.802. The summed E-state index contributed by atoms with van der Waals surface area (Å²) >= 11 is 0. The minimum atomic E-state index is -0.526. The van der Waals surface area contributed by atoms with E-state index in [0.717, 1.165) is 13.0 Å². The Kier molecular flexibility index (Phi) is 7.57. The zero-order chi connectivity index (χ0) is 18.8. The Morgan fingerprint density at radius 3 is 2.54 bits per heavy atom. The van der Waals surface area contributed by atoms with Crippen LogP contribution >= 0.6 is 0 Å². The summed E-state index contributed by atoms with van der Waals surface area (Å²) in [5.74, 6) is -1.02. The molecule has 26 heavy (non-hydrogen) atoms. The normalized spacial score (nSPS) is 10.2. The molecule has 0 radical (unpaired) electrons. The highest BCUT2D eigenvalue weighted by molar-refractivity contribution is 5.97. The van der Waals surface area contributed by atoms with Gasteiger partial charge in [0.15, 0.2) is 6.61 Å². The molecule has 2 aromatic rings. The first-order valence-corrected chi connectivity index (χ1v) is 8.31. The molecule has 2 aromatic carbocycles. The van der Waals surface area contributed by atoms with Gasteiger partial charge in [0.2, 0.25) is 0 Å². The van der Waals surface area contributed by atoms with E-state index >= 15 is 0 Å². The van der Waals surface area contributed by atoms with Gasteiger partial charge in [-0.3, -0.25) is 9.59 Å². The molecule has 0 saturated heterocycles. The standard InChI is InChI=1S/C19H22FN3O3/c1-21-11-6-12-22-19(25)14-7-2-5-10-17(14)26-13-18(24)23-16-9-4-3-8-15(16)20/h2-5,7-10,21H,6,11-13H2,1H3,(H,22,25)(H,23,24). The lowest BCUT2D eigenvalue weighted by atomic mass is 10.2. The topological polar surface area (TPSA) is 79.5 Å². The minimum absolute atomic E-state index is 0.0802. The second-order valence-electron chi connectivity index (χ2n) is 5.53. The summed E-state index contributed by atoms with van der Waals surface area (Å²) in [7, 11) is 1.84. The predicted molar refractivity (Wildman–Crippen MR) is 97.8 cm³/mol. The van der Waals surface area contributed by atoms with Crippen LogP contribution in [0, 0.1) is 5.82 Å². The van der Waals surface area contributed by atoms with Crippen molar-refractivity contribution in [2.45, 2.75) is 6.42 Å². The lowest BCUT2D eigenvalue weighted by molar-refractivity contribution is -0.118. The second kappa shape index (κ2) is 10.1. The number of benzene rings is 2. The van der Waals surface area contributed by atoms with Gasteiger partial charge in [-0.1, -0.05) is 24.3 Å². The first-order valence-electron chi connectivity index (χ1n) is 8.31. The molecule has 3 N–H and O–H groups in total. The molecule has 0 aliphatic rings. The summed E-state index contributed by atoms with van der Waals surface area (Å²) in [4.78, 5) is 24.2. The third-order valence-electron chi connectivity index (χ3n) is 3.53. The Labute approximate surface area is 151 Å². The summed E-state index contributed by atoms with van der Waals surface area (Å²) in [6, 6.07) is 12.5. The Balaban J connectivity index is 1.92. The van der Waals surface area contributed by atoms with Crippen molar-refractivity contribution in [3.8, 4) is 5.75 Å². The van der Waals surface area contributed by atoms with E-state index in [1.807, 2.05) is 7.05 Å². The number of halogens is 1.